The van der Waals surface area contributed by atoms with E-state index in [0.29, 0.717) is 5.25 Å². The zero-order valence-corrected chi connectivity index (χ0v) is 9.69. The first-order valence-electron chi connectivity index (χ1n) is 5.15. The smallest absolute Gasteiger partial charge is 0.0329 e. The molecule has 0 bridgehead atoms. The molecular formula is C10H21NOS. The van der Waals surface area contributed by atoms with Crippen LogP contribution in [0.4, 0.5) is 0 Å². The van der Waals surface area contributed by atoms with Gasteiger partial charge in [-0.05, 0) is 31.7 Å². The summed E-state index contributed by atoms with van der Waals surface area (Å²) in [5.74, 6) is 0.912. The highest BCUT2D eigenvalue weighted by Crippen LogP contribution is 2.26. The van der Waals surface area contributed by atoms with Crippen molar-refractivity contribution in [3.63, 3.8) is 0 Å². The molecule has 1 N–H and O–H groups in total. The third-order valence-electron chi connectivity index (χ3n) is 2.92. The molecule has 1 aliphatic rings. The first-order valence-corrected chi connectivity index (χ1v) is 6.77. The molecule has 2 unspecified atom stereocenters. The van der Waals surface area contributed by atoms with Crippen molar-refractivity contribution in [1.29, 1.82) is 0 Å². The summed E-state index contributed by atoms with van der Waals surface area (Å²) >= 11 is 0. The Morgan fingerprint density at radius 2 is 2.15 bits per heavy atom. The van der Waals surface area contributed by atoms with Crippen molar-refractivity contribution in [3.05, 3.63) is 0 Å². The van der Waals surface area contributed by atoms with Gasteiger partial charge in [-0.1, -0.05) is 13.8 Å². The molecule has 2 atom stereocenters. The lowest BCUT2D eigenvalue weighted by Gasteiger charge is -2.33. The van der Waals surface area contributed by atoms with E-state index >= 15 is 0 Å². The standard InChI is InChI=1S/C10H21NOS/c1-8-6-10(7-8)11-5-4-9(2)13(3)12/h8-11H,4-7H2,1-3H3. The molecule has 0 spiro atoms. The molecule has 1 rings (SSSR count). The second kappa shape index (κ2) is 5.11. The SMILES string of the molecule is CC1CC(NCCC(C)S(C)=O)C1. The molecular weight excluding hydrogens is 182 g/mol. The normalized spacial score (nSPS) is 32.2. The Labute approximate surface area is 83.9 Å². The predicted octanol–water partition coefficient (Wildman–Crippen LogP) is 1.53. The van der Waals surface area contributed by atoms with Gasteiger partial charge in [0.25, 0.3) is 0 Å². The second-order valence-electron chi connectivity index (χ2n) is 4.33. The summed E-state index contributed by atoms with van der Waals surface area (Å²) in [7, 11) is -0.656. The first-order chi connectivity index (χ1) is 6.09. The molecule has 78 valence electrons. The van der Waals surface area contributed by atoms with Gasteiger partial charge in [0.05, 0.1) is 0 Å². The Morgan fingerprint density at radius 3 is 2.62 bits per heavy atom. The Hall–Kier alpha value is 0.110. The Bertz CT molecular complexity index is 178. The van der Waals surface area contributed by atoms with Gasteiger partial charge >= 0.3 is 0 Å². The maximum atomic E-state index is 11.0. The quantitative estimate of drug-likeness (QED) is 0.734. The summed E-state index contributed by atoms with van der Waals surface area (Å²) in [6.07, 6.45) is 5.47. The van der Waals surface area contributed by atoms with Gasteiger partial charge in [-0.15, -0.1) is 0 Å². The van der Waals surface area contributed by atoms with Gasteiger partial charge in [-0.25, -0.2) is 0 Å². The lowest BCUT2D eigenvalue weighted by atomic mass is 9.82. The fraction of sp³-hybridized carbons (Fsp3) is 1.00. The average molecular weight is 203 g/mol. The molecule has 2 nitrogen and oxygen atoms in total. The van der Waals surface area contributed by atoms with Crippen molar-refractivity contribution in [2.45, 2.75) is 44.4 Å². The van der Waals surface area contributed by atoms with Crippen LogP contribution < -0.4 is 5.32 Å². The summed E-state index contributed by atoms with van der Waals surface area (Å²) in [5, 5.41) is 3.84. The van der Waals surface area contributed by atoms with E-state index < -0.39 is 10.8 Å². The summed E-state index contributed by atoms with van der Waals surface area (Å²) in [5.41, 5.74) is 0. The predicted molar refractivity (Wildman–Crippen MR) is 58.3 cm³/mol. The lowest BCUT2D eigenvalue weighted by molar-refractivity contribution is 0.241. The summed E-state index contributed by atoms with van der Waals surface area (Å²) in [6, 6.07) is 0.743. The Balaban J connectivity index is 1.98. The van der Waals surface area contributed by atoms with E-state index in [1.54, 1.807) is 6.26 Å². The molecule has 1 aliphatic carbocycles. The van der Waals surface area contributed by atoms with Crippen molar-refractivity contribution >= 4 is 10.8 Å². The van der Waals surface area contributed by atoms with E-state index in [9.17, 15) is 4.21 Å². The van der Waals surface area contributed by atoms with Crippen LogP contribution in [0, 0.1) is 5.92 Å². The van der Waals surface area contributed by atoms with Crippen LogP contribution in [-0.4, -0.2) is 28.3 Å². The molecule has 0 amide bonds. The van der Waals surface area contributed by atoms with Crippen LogP contribution in [0.2, 0.25) is 0 Å². The molecule has 0 aromatic carbocycles. The van der Waals surface area contributed by atoms with E-state index in [0.717, 1.165) is 24.9 Å². The zero-order valence-electron chi connectivity index (χ0n) is 8.88. The molecule has 1 saturated carbocycles. The van der Waals surface area contributed by atoms with Crippen LogP contribution in [-0.2, 0) is 10.8 Å². The molecule has 1 fully saturated rings. The van der Waals surface area contributed by atoms with E-state index in [4.69, 9.17) is 0 Å². The number of rotatable bonds is 5. The first kappa shape index (κ1) is 11.2. The summed E-state index contributed by atoms with van der Waals surface area (Å²) in [4.78, 5) is 0. The van der Waals surface area contributed by atoms with Gasteiger partial charge < -0.3 is 5.32 Å². The highest BCUT2D eigenvalue weighted by molar-refractivity contribution is 7.84. The molecule has 0 heterocycles. The van der Waals surface area contributed by atoms with Gasteiger partial charge in [0.15, 0.2) is 0 Å². The number of nitrogens with one attached hydrogen (secondary N) is 1. The van der Waals surface area contributed by atoms with Crippen LogP contribution in [0.1, 0.15) is 33.1 Å². The largest absolute Gasteiger partial charge is 0.314 e. The third-order valence-corrected chi connectivity index (χ3v) is 4.29. The monoisotopic (exact) mass is 203 g/mol. The highest BCUT2D eigenvalue weighted by atomic mass is 32.2. The van der Waals surface area contributed by atoms with Gasteiger partial charge in [-0.2, -0.15) is 0 Å². The fourth-order valence-electron chi connectivity index (χ4n) is 1.73. The van der Waals surface area contributed by atoms with Crippen LogP contribution in [0.5, 0.6) is 0 Å². The van der Waals surface area contributed by atoms with Gasteiger partial charge in [0, 0.05) is 28.3 Å². The Kier molecular flexibility index (Phi) is 4.39. The van der Waals surface area contributed by atoms with Crippen LogP contribution in [0.3, 0.4) is 0 Å². The fourth-order valence-corrected chi connectivity index (χ4v) is 2.18. The highest BCUT2D eigenvalue weighted by Gasteiger charge is 2.24. The van der Waals surface area contributed by atoms with Crippen molar-refractivity contribution in [2.75, 3.05) is 12.8 Å². The maximum absolute atomic E-state index is 11.0. The second-order valence-corrected chi connectivity index (χ2v) is 6.13. The summed E-state index contributed by atoms with van der Waals surface area (Å²) in [6.45, 7) is 5.38. The van der Waals surface area contributed by atoms with Crippen LogP contribution >= 0.6 is 0 Å². The maximum Gasteiger partial charge on any atom is 0.0329 e. The topological polar surface area (TPSA) is 29.1 Å². The minimum atomic E-state index is -0.656. The Morgan fingerprint density at radius 1 is 1.54 bits per heavy atom. The molecule has 0 saturated heterocycles. The number of hydrogen-bond donors (Lipinski definition) is 1. The van der Waals surface area contributed by atoms with Crippen molar-refractivity contribution in [1.82, 2.24) is 5.32 Å². The average Bonchev–Trinajstić information content (AvgIpc) is 2.00. The molecule has 13 heavy (non-hydrogen) atoms. The van der Waals surface area contributed by atoms with Gasteiger partial charge in [-0.3, -0.25) is 4.21 Å². The van der Waals surface area contributed by atoms with Gasteiger partial charge in [0.2, 0.25) is 0 Å². The van der Waals surface area contributed by atoms with Crippen molar-refractivity contribution in [3.8, 4) is 0 Å². The minimum Gasteiger partial charge on any atom is -0.314 e. The van der Waals surface area contributed by atoms with Crippen molar-refractivity contribution in [2.24, 2.45) is 5.92 Å². The molecule has 0 aromatic rings. The van der Waals surface area contributed by atoms with E-state index in [-0.39, 0.29) is 0 Å². The lowest BCUT2D eigenvalue weighted by Crippen LogP contribution is -2.41. The van der Waals surface area contributed by atoms with E-state index in [1.165, 1.54) is 12.8 Å². The summed E-state index contributed by atoms with van der Waals surface area (Å²) < 4.78 is 11.0. The molecule has 0 aliphatic heterocycles. The minimum absolute atomic E-state index is 0.338. The van der Waals surface area contributed by atoms with E-state index in [1.807, 2.05) is 0 Å². The molecule has 0 radical (unpaired) electrons. The van der Waals surface area contributed by atoms with E-state index in [2.05, 4.69) is 19.2 Å². The molecule has 0 aromatic heterocycles. The zero-order chi connectivity index (χ0) is 9.84. The third kappa shape index (κ3) is 3.77. The van der Waals surface area contributed by atoms with Crippen LogP contribution in [0.25, 0.3) is 0 Å². The van der Waals surface area contributed by atoms with Gasteiger partial charge in [0.1, 0.15) is 0 Å². The molecule has 3 heteroatoms. The number of hydrogen-bond acceptors (Lipinski definition) is 2. The van der Waals surface area contributed by atoms with Crippen molar-refractivity contribution < 1.29 is 4.21 Å². The van der Waals surface area contributed by atoms with Crippen LogP contribution in [0.15, 0.2) is 0 Å².